The maximum absolute atomic E-state index is 11.7. The molecule has 0 aliphatic carbocycles. The fourth-order valence-electron chi connectivity index (χ4n) is 1.87. The molecule has 0 saturated heterocycles. The Balaban J connectivity index is 1.78. The molecule has 0 fully saturated rings. The van der Waals surface area contributed by atoms with Crippen molar-refractivity contribution < 1.29 is 4.79 Å². The van der Waals surface area contributed by atoms with E-state index in [1.807, 2.05) is 48.5 Å². The first-order chi connectivity index (χ1) is 10.1. The molecular formula is C17H17ClN2O. The van der Waals surface area contributed by atoms with Crippen LogP contribution >= 0.6 is 11.6 Å². The molecule has 0 atom stereocenters. The Hall–Kier alpha value is -2.26. The molecule has 0 aliphatic heterocycles. The van der Waals surface area contributed by atoms with Crippen molar-refractivity contribution in [2.24, 2.45) is 0 Å². The van der Waals surface area contributed by atoms with Gasteiger partial charge in [0, 0.05) is 23.3 Å². The standard InChI is InChI=1S/C17H17ClN2O/c18-15-7-4-13(5-8-15)10-11-20-17(21)9-6-14-2-1-3-16(19)12-14/h1-9,12H,10-11,19H2,(H,20,21)/b9-6+. The summed E-state index contributed by atoms with van der Waals surface area (Å²) in [5, 5.41) is 3.56. The van der Waals surface area contributed by atoms with E-state index in [0.29, 0.717) is 17.3 Å². The maximum Gasteiger partial charge on any atom is 0.244 e. The molecule has 0 unspecified atom stereocenters. The van der Waals surface area contributed by atoms with Gasteiger partial charge in [0.25, 0.3) is 0 Å². The van der Waals surface area contributed by atoms with Crippen LogP contribution in [0.25, 0.3) is 6.08 Å². The number of hydrogen-bond acceptors (Lipinski definition) is 2. The van der Waals surface area contributed by atoms with Crippen molar-refractivity contribution in [1.29, 1.82) is 0 Å². The van der Waals surface area contributed by atoms with Gasteiger partial charge in [-0.1, -0.05) is 35.9 Å². The number of nitrogen functional groups attached to an aromatic ring is 1. The van der Waals surface area contributed by atoms with E-state index in [9.17, 15) is 4.79 Å². The molecule has 0 radical (unpaired) electrons. The maximum atomic E-state index is 11.7. The topological polar surface area (TPSA) is 55.1 Å². The van der Waals surface area contributed by atoms with Gasteiger partial charge >= 0.3 is 0 Å². The van der Waals surface area contributed by atoms with E-state index in [1.165, 1.54) is 6.08 Å². The number of nitrogens with two attached hydrogens (primary N) is 1. The minimum atomic E-state index is -0.119. The number of halogens is 1. The molecule has 2 aromatic rings. The van der Waals surface area contributed by atoms with E-state index in [0.717, 1.165) is 17.5 Å². The highest BCUT2D eigenvalue weighted by Crippen LogP contribution is 2.10. The first kappa shape index (κ1) is 15.1. The first-order valence-electron chi connectivity index (χ1n) is 6.69. The van der Waals surface area contributed by atoms with Crippen molar-refractivity contribution in [3.8, 4) is 0 Å². The Labute approximate surface area is 129 Å². The van der Waals surface area contributed by atoms with Crippen LogP contribution in [-0.4, -0.2) is 12.5 Å². The Morgan fingerprint density at radius 1 is 1.19 bits per heavy atom. The molecule has 2 rings (SSSR count). The lowest BCUT2D eigenvalue weighted by Crippen LogP contribution is -2.23. The van der Waals surface area contributed by atoms with Crippen LogP contribution < -0.4 is 11.1 Å². The first-order valence-corrected chi connectivity index (χ1v) is 7.07. The number of benzene rings is 2. The molecule has 0 saturated carbocycles. The summed E-state index contributed by atoms with van der Waals surface area (Å²) in [7, 11) is 0. The van der Waals surface area contributed by atoms with E-state index < -0.39 is 0 Å². The van der Waals surface area contributed by atoms with Gasteiger partial charge in [-0.3, -0.25) is 4.79 Å². The second-order valence-electron chi connectivity index (χ2n) is 4.67. The number of anilines is 1. The van der Waals surface area contributed by atoms with Crippen LogP contribution in [0.5, 0.6) is 0 Å². The summed E-state index contributed by atoms with van der Waals surface area (Å²) in [5.41, 5.74) is 8.40. The van der Waals surface area contributed by atoms with Crippen LogP contribution in [0.1, 0.15) is 11.1 Å². The lowest BCUT2D eigenvalue weighted by Gasteiger charge is -2.03. The van der Waals surface area contributed by atoms with Gasteiger partial charge in [-0.25, -0.2) is 0 Å². The molecule has 0 aromatic heterocycles. The van der Waals surface area contributed by atoms with E-state index in [2.05, 4.69) is 5.32 Å². The smallest absolute Gasteiger partial charge is 0.244 e. The van der Waals surface area contributed by atoms with Gasteiger partial charge in [0.15, 0.2) is 0 Å². The monoisotopic (exact) mass is 300 g/mol. The molecule has 4 heteroatoms. The number of rotatable bonds is 5. The van der Waals surface area contributed by atoms with Crippen molar-refractivity contribution >= 4 is 29.3 Å². The molecule has 0 aliphatic rings. The summed E-state index contributed by atoms with van der Waals surface area (Å²) in [6.45, 7) is 0.585. The van der Waals surface area contributed by atoms with Gasteiger partial charge in [0.1, 0.15) is 0 Å². The fraction of sp³-hybridized carbons (Fsp3) is 0.118. The number of hydrogen-bond donors (Lipinski definition) is 2. The highest BCUT2D eigenvalue weighted by molar-refractivity contribution is 6.30. The third-order valence-electron chi connectivity index (χ3n) is 2.96. The van der Waals surface area contributed by atoms with Crippen molar-refractivity contribution in [1.82, 2.24) is 5.32 Å². The number of amides is 1. The van der Waals surface area contributed by atoms with E-state index in [4.69, 9.17) is 17.3 Å². The zero-order valence-corrected chi connectivity index (χ0v) is 12.3. The SMILES string of the molecule is Nc1cccc(/C=C/C(=O)NCCc2ccc(Cl)cc2)c1. The average molecular weight is 301 g/mol. The number of nitrogens with one attached hydrogen (secondary N) is 1. The quantitative estimate of drug-likeness (QED) is 0.657. The van der Waals surface area contributed by atoms with Gasteiger partial charge < -0.3 is 11.1 Å². The third-order valence-corrected chi connectivity index (χ3v) is 3.22. The van der Waals surface area contributed by atoms with Crippen LogP contribution in [0.3, 0.4) is 0 Å². The minimum absolute atomic E-state index is 0.119. The molecule has 3 nitrogen and oxygen atoms in total. The molecule has 21 heavy (non-hydrogen) atoms. The Morgan fingerprint density at radius 2 is 1.95 bits per heavy atom. The Morgan fingerprint density at radius 3 is 2.67 bits per heavy atom. The van der Waals surface area contributed by atoms with Crippen molar-refractivity contribution in [2.45, 2.75) is 6.42 Å². The molecule has 108 valence electrons. The minimum Gasteiger partial charge on any atom is -0.399 e. The molecule has 0 spiro atoms. The summed E-state index contributed by atoms with van der Waals surface area (Å²) in [4.78, 5) is 11.7. The van der Waals surface area contributed by atoms with Gasteiger partial charge in [-0.2, -0.15) is 0 Å². The summed E-state index contributed by atoms with van der Waals surface area (Å²) in [6, 6.07) is 15.0. The van der Waals surface area contributed by atoms with Crippen LogP contribution in [0.2, 0.25) is 5.02 Å². The third kappa shape index (κ3) is 5.32. The Kier molecular flexibility index (Phi) is 5.41. The predicted molar refractivity (Wildman–Crippen MR) is 88.1 cm³/mol. The summed E-state index contributed by atoms with van der Waals surface area (Å²) < 4.78 is 0. The average Bonchev–Trinajstić information content (AvgIpc) is 2.47. The van der Waals surface area contributed by atoms with Gasteiger partial charge in [-0.05, 0) is 47.9 Å². The molecule has 1 amide bonds. The normalized spacial score (nSPS) is 10.7. The van der Waals surface area contributed by atoms with Gasteiger partial charge in [-0.15, -0.1) is 0 Å². The molecule has 3 N–H and O–H groups in total. The van der Waals surface area contributed by atoms with E-state index >= 15 is 0 Å². The van der Waals surface area contributed by atoms with Crippen LogP contribution in [0, 0.1) is 0 Å². The van der Waals surface area contributed by atoms with Crippen molar-refractivity contribution in [3.05, 3.63) is 70.8 Å². The van der Waals surface area contributed by atoms with Crippen LogP contribution in [0.15, 0.2) is 54.6 Å². The lowest BCUT2D eigenvalue weighted by molar-refractivity contribution is -0.116. The highest BCUT2D eigenvalue weighted by Gasteiger charge is 1.97. The largest absolute Gasteiger partial charge is 0.399 e. The van der Waals surface area contributed by atoms with E-state index in [-0.39, 0.29) is 5.91 Å². The summed E-state index contributed by atoms with van der Waals surface area (Å²) in [6.07, 6.45) is 4.03. The zero-order valence-electron chi connectivity index (χ0n) is 11.6. The van der Waals surface area contributed by atoms with Crippen LogP contribution in [0.4, 0.5) is 5.69 Å². The zero-order chi connectivity index (χ0) is 15.1. The molecular weight excluding hydrogens is 284 g/mol. The second-order valence-corrected chi connectivity index (χ2v) is 5.11. The predicted octanol–water partition coefficient (Wildman–Crippen LogP) is 3.29. The number of carbonyl (C=O) groups is 1. The Bertz CT molecular complexity index is 635. The summed E-state index contributed by atoms with van der Waals surface area (Å²) in [5.74, 6) is -0.119. The van der Waals surface area contributed by atoms with Gasteiger partial charge in [0.2, 0.25) is 5.91 Å². The molecule has 2 aromatic carbocycles. The highest BCUT2D eigenvalue weighted by atomic mass is 35.5. The molecule has 0 bridgehead atoms. The van der Waals surface area contributed by atoms with Crippen molar-refractivity contribution in [2.75, 3.05) is 12.3 Å². The lowest BCUT2D eigenvalue weighted by atomic mass is 10.1. The summed E-state index contributed by atoms with van der Waals surface area (Å²) >= 11 is 5.82. The fourth-order valence-corrected chi connectivity index (χ4v) is 2.00. The van der Waals surface area contributed by atoms with Crippen LogP contribution in [-0.2, 0) is 11.2 Å². The molecule has 0 heterocycles. The van der Waals surface area contributed by atoms with Gasteiger partial charge in [0.05, 0.1) is 0 Å². The van der Waals surface area contributed by atoms with Crippen molar-refractivity contribution in [3.63, 3.8) is 0 Å². The number of carbonyl (C=O) groups excluding carboxylic acids is 1. The van der Waals surface area contributed by atoms with E-state index in [1.54, 1.807) is 6.08 Å². The second kappa shape index (κ2) is 7.50.